The first kappa shape index (κ1) is 19.5. The number of benzene rings is 3. The van der Waals surface area contributed by atoms with E-state index in [2.05, 4.69) is 15.5 Å². The van der Waals surface area contributed by atoms with Crippen molar-refractivity contribution in [3.63, 3.8) is 0 Å². The van der Waals surface area contributed by atoms with Gasteiger partial charge in [-0.25, -0.2) is 9.78 Å². The minimum Gasteiger partial charge on any atom is -0.422 e. The number of hydrazone groups is 1. The Bertz CT molecular complexity index is 1500. The fourth-order valence-corrected chi connectivity index (χ4v) is 4.18. The molecule has 1 N–H and O–H groups in total. The van der Waals surface area contributed by atoms with Crippen LogP contribution in [-0.4, -0.2) is 10.7 Å². The molecule has 0 saturated carbocycles. The highest BCUT2D eigenvalue weighted by Crippen LogP contribution is 2.27. The Hall–Kier alpha value is -3.48. The maximum atomic E-state index is 12.5. The Labute approximate surface area is 186 Å². The molecule has 5 aromatic rings. The van der Waals surface area contributed by atoms with Crippen LogP contribution in [0.2, 0.25) is 5.02 Å². The van der Waals surface area contributed by atoms with Gasteiger partial charge in [0.2, 0.25) is 5.13 Å². The van der Waals surface area contributed by atoms with E-state index < -0.39 is 5.63 Å². The van der Waals surface area contributed by atoms with Gasteiger partial charge in [-0.3, -0.25) is 5.43 Å². The van der Waals surface area contributed by atoms with E-state index in [1.54, 1.807) is 6.92 Å². The zero-order valence-electron chi connectivity index (χ0n) is 16.4. The van der Waals surface area contributed by atoms with E-state index in [1.807, 2.05) is 72.1 Å². The molecule has 0 bridgehead atoms. The smallest absolute Gasteiger partial charge is 0.345 e. The number of fused-ring (bicyclic) bond motifs is 3. The number of nitrogens with zero attached hydrogens (tertiary/aromatic N) is 2. The van der Waals surface area contributed by atoms with Crippen molar-refractivity contribution < 1.29 is 4.42 Å². The number of aromatic nitrogens is 1. The average molecular weight is 446 g/mol. The molecule has 2 aromatic heterocycles. The van der Waals surface area contributed by atoms with Crippen molar-refractivity contribution in [1.29, 1.82) is 0 Å². The fraction of sp³-hybridized carbons (Fsp3) is 0.0417. The monoisotopic (exact) mass is 445 g/mol. The molecule has 0 amide bonds. The van der Waals surface area contributed by atoms with Crippen molar-refractivity contribution in [1.82, 2.24) is 4.98 Å². The molecular weight excluding hydrogens is 430 g/mol. The lowest BCUT2D eigenvalue weighted by molar-refractivity contribution is 0.559. The lowest BCUT2D eigenvalue weighted by Gasteiger charge is -2.05. The first-order chi connectivity index (χ1) is 15.1. The largest absolute Gasteiger partial charge is 0.422 e. The Balaban J connectivity index is 1.46. The van der Waals surface area contributed by atoms with Gasteiger partial charge >= 0.3 is 5.63 Å². The summed E-state index contributed by atoms with van der Waals surface area (Å²) < 4.78 is 5.56. The maximum Gasteiger partial charge on any atom is 0.345 e. The quantitative estimate of drug-likeness (QED) is 0.147. The molecular formula is C24H16ClN3O2S. The SMILES string of the molecule is C/C(=N\Nc1nc(-c2ccc(Cl)cc2)cs1)c1cc2c(ccc3ccccc32)oc1=O. The number of nitrogens with one attached hydrogen (secondary N) is 1. The highest BCUT2D eigenvalue weighted by atomic mass is 35.5. The van der Waals surface area contributed by atoms with Gasteiger partial charge in [0, 0.05) is 21.4 Å². The van der Waals surface area contributed by atoms with E-state index in [0.29, 0.717) is 27.0 Å². The molecule has 2 heterocycles. The molecule has 0 aliphatic heterocycles. The first-order valence-electron chi connectivity index (χ1n) is 9.56. The van der Waals surface area contributed by atoms with Crippen molar-refractivity contribution in [2.24, 2.45) is 5.10 Å². The topological polar surface area (TPSA) is 67.5 Å². The zero-order valence-corrected chi connectivity index (χ0v) is 18.0. The number of rotatable bonds is 4. The second-order valence-electron chi connectivity index (χ2n) is 7.00. The summed E-state index contributed by atoms with van der Waals surface area (Å²) in [6, 6.07) is 21.1. The maximum absolute atomic E-state index is 12.5. The molecule has 0 unspecified atom stereocenters. The fourth-order valence-electron chi connectivity index (χ4n) is 3.39. The molecule has 0 atom stereocenters. The summed E-state index contributed by atoms with van der Waals surface area (Å²) in [4.78, 5) is 17.1. The van der Waals surface area contributed by atoms with Crippen molar-refractivity contribution in [3.8, 4) is 11.3 Å². The van der Waals surface area contributed by atoms with Crippen LogP contribution in [0.5, 0.6) is 0 Å². The Kier molecular flexibility index (Phi) is 5.02. The molecule has 0 fully saturated rings. The Morgan fingerprint density at radius 1 is 1.06 bits per heavy atom. The number of halogens is 1. The van der Waals surface area contributed by atoms with Crippen LogP contribution in [0.25, 0.3) is 33.0 Å². The summed E-state index contributed by atoms with van der Waals surface area (Å²) in [5.41, 5.74) is 5.80. The molecule has 0 radical (unpaired) electrons. The minimum atomic E-state index is -0.424. The lowest BCUT2D eigenvalue weighted by atomic mass is 10.0. The van der Waals surface area contributed by atoms with Gasteiger partial charge in [0.15, 0.2) is 0 Å². The third kappa shape index (κ3) is 3.83. The molecule has 7 heteroatoms. The summed E-state index contributed by atoms with van der Waals surface area (Å²) in [7, 11) is 0. The standard InChI is InChI=1S/C24H16ClN3O2S/c1-14(27-28-24-26-21(13-31-24)16-6-9-17(25)10-7-16)19-12-20-18-5-3-2-4-15(18)8-11-22(20)30-23(19)29/h2-13H,1H3,(H,26,28)/b27-14+. The van der Waals surface area contributed by atoms with Crippen LogP contribution in [0.1, 0.15) is 12.5 Å². The van der Waals surface area contributed by atoms with Gasteiger partial charge in [0.25, 0.3) is 0 Å². The molecule has 3 aromatic carbocycles. The predicted molar refractivity (Wildman–Crippen MR) is 128 cm³/mol. The zero-order chi connectivity index (χ0) is 21.4. The molecule has 5 nitrogen and oxygen atoms in total. The van der Waals surface area contributed by atoms with Gasteiger partial charge < -0.3 is 4.42 Å². The number of hydrogen-bond donors (Lipinski definition) is 1. The van der Waals surface area contributed by atoms with E-state index in [-0.39, 0.29) is 0 Å². The summed E-state index contributed by atoms with van der Waals surface area (Å²) in [5.74, 6) is 0. The highest BCUT2D eigenvalue weighted by Gasteiger charge is 2.11. The lowest BCUT2D eigenvalue weighted by Crippen LogP contribution is -2.13. The van der Waals surface area contributed by atoms with Gasteiger partial charge in [-0.05, 0) is 42.0 Å². The second kappa shape index (κ2) is 7.98. The van der Waals surface area contributed by atoms with Crippen LogP contribution in [0, 0.1) is 0 Å². The average Bonchev–Trinajstić information content (AvgIpc) is 3.26. The van der Waals surface area contributed by atoms with E-state index in [1.165, 1.54) is 11.3 Å². The van der Waals surface area contributed by atoms with Crippen LogP contribution >= 0.6 is 22.9 Å². The van der Waals surface area contributed by atoms with Crippen molar-refractivity contribution in [2.45, 2.75) is 6.92 Å². The van der Waals surface area contributed by atoms with Crippen LogP contribution in [0.4, 0.5) is 5.13 Å². The molecule has 0 spiro atoms. The van der Waals surface area contributed by atoms with Crippen LogP contribution in [0.3, 0.4) is 0 Å². The van der Waals surface area contributed by atoms with Crippen LogP contribution in [0.15, 0.2) is 86.4 Å². The van der Waals surface area contributed by atoms with E-state index in [4.69, 9.17) is 16.0 Å². The summed E-state index contributed by atoms with van der Waals surface area (Å²) in [6.07, 6.45) is 0. The van der Waals surface area contributed by atoms with E-state index >= 15 is 0 Å². The predicted octanol–water partition coefficient (Wildman–Crippen LogP) is 6.56. The van der Waals surface area contributed by atoms with Crippen molar-refractivity contribution in [2.75, 3.05) is 5.43 Å². The highest BCUT2D eigenvalue weighted by molar-refractivity contribution is 7.14. The van der Waals surface area contributed by atoms with E-state index in [9.17, 15) is 4.79 Å². The molecule has 5 rings (SSSR count). The summed E-state index contributed by atoms with van der Waals surface area (Å²) in [5, 5.41) is 10.6. The molecule has 0 saturated heterocycles. The Morgan fingerprint density at radius 3 is 2.71 bits per heavy atom. The van der Waals surface area contributed by atoms with Crippen molar-refractivity contribution >= 4 is 55.5 Å². The minimum absolute atomic E-state index is 0.408. The number of hydrogen-bond acceptors (Lipinski definition) is 6. The molecule has 0 aliphatic carbocycles. The molecule has 0 aliphatic rings. The molecule has 152 valence electrons. The summed E-state index contributed by atoms with van der Waals surface area (Å²) >= 11 is 7.38. The third-order valence-corrected chi connectivity index (χ3v) is 5.99. The third-order valence-electron chi connectivity index (χ3n) is 5.00. The first-order valence-corrected chi connectivity index (χ1v) is 10.8. The normalized spacial score (nSPS) is 11.9. The molecule has 31 heavy (non-hydrogen) atoms. The number of anilines is 1. The number of thiazole rings is 1. The van der Waals surface area contributed by atoms with E-state index in [0.717, 1.165) is 27.4 Å². The summed E-state index contributed by atoms with van der Waals surface area (Å²) in [6.45, 7) is 1.77. The van der Waals surface area contributed by atoms with Crippen LogP contribution < -0.4 is 11.1 Å². The van der Waals surface area contributed by atoms with Gasteiger partial charge in [0.1, 0.15) is 5.58 Å². The Morgan fingerprint density at radius 2 is 1.87 bits per heavy atom. The van der Waals surface area contributed by atoms with Gasteiger partial charge in [-0.1, -0.05) is 54.1 Å². The van der Waals surface area contributed by atoms with Gasteiger partial charge in [-0.2, -0.15) is 5.10 Å². The van der Waals surface area contributed by atoms with Gasteiger partial charge in [-0.15, -0.1) is 11.3 Å². The van der Waals surface area contributed by atoms with Crippen LogP contribution in [-0.2, 0) is 0 Å². The van der Waals surface area contributed by atoms with Crippen molar-refractivity contribution in [3.05, 3.63) is 93.1 Å². The van der Waals surface area contributed by atoms with Gasteiger partial charge in [0.05, 0.1) is 17.0 Å². The second-order valence-corrected chi connectivity index (χ2v) is 8.29.